The van der Waals surface area contributed by atoms with Crippen LogP contribution in [-0.4, -0.2) is 43.8 Å². The van der Waals surface area contributed by atoms with Crippen molar-refractivity contribution in [3.63, 3.8) is 0 Å². The number of unbranched alkanes of at least 4 members (excludes halogenated alkanes) is 5. The number of hydrogen-bond donors (Lipinski definition) is 0. The van der Waals surface area contributed by atoms with Crippen LogP contribution < -0.4 is 4.74 Å². The van der Waals surface area contributed by atoms with Gasteiger partial charge in [0.25, 0.3) is 0 Å². The molecule has 194 valence electrons. The molecule has 0 N–H and O–H groups in total. The highest BCUT2D eigenvalue weighted by Gasteiger charge is 2.25. The Morgan fingerprint density at radius 1 is 0.886 bits per heavy atom. The first-order valence-electron chi connectivity index (χ1n) is 13.6. The van der Waals surface area contributed by atoms with E-state index in [4.69, 9.17) is 9.47 Å². The maximum Gasteiger partial charge on any atom is 0.314 e. The van der Waals surface area contributed by atoms with Crippen molar-refractivity contribution in [3.05, 3.63) is 65.7 Å². The van der Waals surface area contributed by atoms with Gasteiger partial charge in [0.15, 0.2) is 0 Å². The first-order valence-corrected chi connectivity index (χ1v) is 13.6. The lowest BCUT2D eigenvalue weighted by atomic mass is 10.0. The largest absolute Gasteiger partial charge is 0.491 e. The first kappa shape index (κ1) is 28.9. The van der Waals surface area contributed by atoms with Gasteiger partial charge in [-0.05, 0) is 44.4 Å². The SMILES string of the molecule is CCCCCCCCc1cccc(OC(C)CCOC(=O)C(C)C[N+](C)(C)Cc2ccccc2)c1. The minimum absolute atomic E-state index is 0.00676. The van der Waals surface area contributed by atoms with Crippen LogP contribution in [0.5, 0.6) is 5.75 Å². The Bertz CT molecular complexity index is 849. The van der Waals surface area contributed by atoms with E-state index in [9.17, 15) is 4.79 Å². The lowest BCUT2D eigenvalue weighted by molar-refractivity contribution is -0.905. The number of hydrogen-bond acceptors (Lipinski definition) is 3. The summed E-state index contributed by atoms with van der Waals surface area (Å²) in [6.07, 6.45) is 9.64. The number of aryl methyl sites for hydroxylation is 1. The standard InChI is InChI=1S/C31H48NO3/c1-6-7-8-9-10-12-16-28-19-15-20-30(23-28)35-27(3)21-22-34-31(33)26(2)24-32(4,5)25-29-17-13-11-14-18-29/h11,13-15,17-20,23,26-27H,6-10,12,16,21-22,24-25H2,1-5H3/q+1. The normalized spacial score (nSPS) is 13.3. The second-order valence-corrected chi connectivity index (χ2v) is 10.7. The van der Waals surface area contributed by atoms with Crippen LogP contribution in [0.25, 0.3) is 0 Å². The Hall–Kier alpha value is -2.33. The molecule has 0 amide bonds. The molecule has 2 unspecified atom stereocenters. The maximum atomic E-state index is 12.6. The molecule has 0 bridgehead atoms. The smallest absolute Gasteiger partial charge is 0.314 e. The van der Waals surface area contributed by atoms with E-state index in [1.54, 1.807) is 0 Å². The van der Waals surface area contributed by atoms with Crippen LogP contribution in [0, 0.1) is 5.92 Å². The lowest BCUT2D eigenvalue weighted by Gasteiger charge is -2.32. The van der Waals surface area contributed by atoms with Crippen molar-refractivity contribution in [2.45, 2.75) is 84.8 Å². The molecular formula is C31H48NO3+. The molecule has 0 fully saturated rings. The quantitative estimate of drug-likeness (QED) is 0.136. The van der Waals surface area contributed by atoms with Crippen molar-refractivity contribution < 1.29 is 18.8 Å². The molecule has 2 rings (SSSR count). The number of benzene rings is 2. The summed E-state index contributed by atoms with van der Waals surface area (Å²) >= 11 is 0. The molecule has 2 aromatic carbocycles. The summed E-state index contributed by atoms with van der Waals surface area (Å²) in [7, 11) is 4.32. The van der Waals surface area contributed by atoms with Gasteiger partial charge in [-0.1, -0.05) is 81.5 Å². The summed E-state index contributed by atoms with van der Waals surface area (Å²) in [6, 6.07) is 18.8. The third-order valence-electron chi connectivity index (χ3n) is 6.45. The Balaban J connectivity index is 1.67. The second kappa shape index (κ2) is 15.6. The van der Waals surface area contributed by atoms with Gasteiger partial charge in [-0.2, -0.15) is 0 Å². The first-order chi connectivity index (χ1) is 16.8. The van der Waals surface area contributed by atoms with E-state index in [1.165, 1.54) is 49.7 Å². The fourth-order valence-corrected chi connectivity index (χ4v) is 4.60. The van der Waals surface area contributed by atoms with Crippen molar-refractivity contribution in [2.75, 3.05) is 27.2 Å². The lowest BCUT2D eigenvalue weighted by Crippen LogP contribution is -2.44. The van der Waals surface area contributed by atoms with Crippen LogP contribution in [-0.2, 0) is 22.5 Å². The van der Waals surface area contributed by atoms with Gasteiger partial charge in [-0.25, -0.2) is 0 Å². The van der Waals surface area contributed by atoms with Gasteiger partial charge in [0.05, 0.1) is 33.4 Å². The van der Waals surface area contributed by atoms with Crippen molar-refractivity contribution in [1.29, 1.82) is 0 Å². The van der Waals surface area contributed by atoms with Crippen molar-refractivity contribution in [2.24, 2.45) is 5.92 Å². The molecule has 0 aliphatic heterocycles. The summed E-state index contributed by atoms with van der Waals surface area (Å²) < 4.78 is 12.5. The monoisotopic (exact) mass is 482 g/mol. The highest BCUT2D eigenvalue weighted by molar-refractivity contribution is 5.72. The van der Waals surface area contributed by atoms with Crippen molar-refractivity contribution in [3.8, 4) is 5.75 Å². The molecule has 4 nitrogen and oxygen atoms in total. The van der Waals surface area contributed by atoms with Gasteiger partial charge in [-0.15, -0.1) is 0 Å². The Morgan fingerprint density at radius 3 is 2.31 bits per heavy atom. The van der Waals surface area contributed by atoms with Gasteiger partial charge in [0.1, 0.15) is 18.2 Å². The van der Waals surface area contributed by atoms with Crippen LogP contribution in [0.15, 0.2) is 54.6 Å². The van der Waals surface area contributed by atoms with Crippen LogP contribution in [0.1, 0.15) is 76.8 Å². The molecule has 0 heterocycles. The molecule has 4 heteroatoms. The summed E-state index contributed by atoms with van der Waals surface area (Å²) in [6.45, 7) is 8.27. The maximum absolute atomic E-state index is 12.6. The third kappa shape index (κ3) is 12.3. The number of esters is 1. The average Bonchev–Trinajstić information content (AvgIpc) is 2.81. The van der Waals surface area contributed by atoms with Gasteiger partial charge in [0.2, 0.25) is 0 Å². The van der Waals surface area contributed by atoms with Gasteiger partial charge < -0.3 is 14.0 Å². The molecular weight excluding hydrogens is 434 g/mol. The molecule has 2 atom stereocenters. The predicted molar refractivity (Wildman–Crippen MR) is 145 cm³/mol. The second-order valence-electron chi connectivity index (χ2n) is 10.7. The predicted octanol–water partition coefficient (Wildman–Crippen LogP) is 7.20. The Kier molecular flexibility index (Phi) is 12.9. The van der Waals surface area contributed by atoms with E-state index in [0.29, 0.717) is 13.0 Å². The van der Waals surface area contributed by atoms with Gasteiger partial charge >= 0.3 is 5.97 Å². The topological polar surface area (TPSA) is 35.5 Å². The number of carbonyl (C=O) groups excluding carboxylic acids is 1. The number of carbonyl (C=O) groups is 1. The fourth-order valence-electron chi connectivity index (χ4n) is 4.60. The molecule has 0 saturated heterocycles. The minimum atomic E-state index is -0.149. The number of ether oxygens (including phenoxy) is 2. The van der Waals surface area contributed by atoms with Crippen LogP contribution >= 0.6 is 0 Å². The average molecular weight is 483 g/mol. The summed E-state index contributed by atoms with van der Waals surface area (Å²) in [5, 5.41) is 0. The molecule has 0 aromatic heterocycles. The number of rotatable bonds is 17. The van der Waals surface area contributed by atoms with Crippen molar-refractivity contribution >= 4 is 5.97 Å². The highest BCUT2D eigenvalue weighted by atomic mass is 16.5. The van der Waals surface area contributed by atoms with Gasteiger partial charge in [-0.3, -0.25) is 4.79 Å². The molecule has 0 saturated carbocycles. The summed E-state index contributed by atoms with van der Waals surface area (Å²) in [4.78, 5) is 12.6. The van der Waals surface area contributed by atoms with Gasteiger partial charge in [0, 0.05) is 12.0 Å². The molecule has 35 heavy (non-hydrogen) atoms. The van der Waals surface area contributed by atoms with E-state index >= 15 is 0 Å². The zero-order valence-electron chi connectivity index (χ0n) is 22.8. The summed E-state index contributed by atoms with van der Waals surface area (Å²) in [5.41, 5.74) is 2.61. The number of nitrogens with zero attached hydrogens (tertiary/aromatic N) is 1. The molecule has 0 spiro atoms. The van der Waals surface area contributed by atoms with E-state index < -0.39 is 0 Å². The molecule has 2 aromatic rings. The van der Waals surface area contributed by atoms with E-state index in [0.717, 1.165) is 29.7 Å². The van der Waals surface area contributed by atoms with E-state index in [-0.39, 0.29) is 18.0 Å². The van der Waals surface area contributed by atoms with Crippen LogP contribution in [0.4, 0.5) is 0 Å². The van der Waals surface area contributed by atoms with Crippen LogP contribution in [0.3, 0.4) is 0 Å². The number of quaternary nitrogens is 1. The molecule has 0 radical (unpaired) electrons. The summed E-state index contributed by atoms with van der Waals surface area (Å²) in [5.74, 6) is 0.627. The Labute approximate surface area is 214 Å². The third-order valence-corrected chi connectivity index (χ3v) is 6.45. The van der Waals surface area contributed by atoms with Crippen LogP contribution in [0.2, 0.25) is 0 Å². The van der Waals surface area contributed by atoms with Crippen molar-refractivity contribution in [1.82, 2.24) is 0 Å². The fraction of sp³-hybridized carbons (Fsp3) is 0.581. The molecule has 0 aliphatic carbocycles. The van der Waals surface area contributed by atoms with E-state index in [2.05, 4.69) is 63.5 Å². The highest BCUT2D eigenvalue weighted by Crippen LogP contribution is 2.19. The zero-order chi connectivity index (χ0) is 25.5. The molecule has 0 aliphatic rings. The zero-order valence-corrected chi connectivity index (χ0v) is 22.8. The van der Waals surface area contributed by atoms with E-state index in [1.807, 2.05) is 26.0 Å². The minimum Gasteiger partial charge on any atom is -0.491 e. The Morgan fingerprint density at radius 2 is 1.57 bits per heavy atom.